The first kappa shape index (κ1) is 15.3. The lowest BCUT2D eigenvalue weighted by atomic mass is 10.1. The normalized spacial score (nSPS) is 10.7. The number of thioether (sulfide) groups is 1. The van der Waals surface area contributed by atoms with Gasteiger partial charge in [-0.2, -0.15) is 5.10 Å². The van der Waals surface area contributed by atoms with Gasteiger partial charge in [-0.15, -0.1) is 11.8 Å². The first-order valence-corrected chi connectivity index (χ1v) is 7.95. The Kier molecular flexibility index (Phi) is 4.43. The second-order valence-electron chi connectivity index (χ2n) is 4.87. The number of nitrogens with one attached hydrogen (secondary N) is 1. The van der Waals surface area contributed by atoms with Gasteiger partial charge < -0.3 is 4.74 Å². The van der Waals surface area contributed by atoms with Crippen molar-refractivity contribution in [2.45, 2.75) is 10.6 Å². The van der Waals surface area contributed by atoms with Crippen LogP contribution in [-0.4, -0.2) is 23.3 Å². The Bertz CT molecular complexity index is 907. The summed E-state index contributed by atoms with van der Waals surface area (Å²) < 4.78 is 4.69. The van der Waals surface area contributed by atoms with E-state index in [1.807, 2.05) is 24.3 Å². The number of methoxy groups -OCH3 is 1. The predicted octanol–water partition coefficient (Wildman–Crippen LogP) is 3.00. The molecule has 0 fully saturated rings. The fourth-order valence-corrected chi connectivity index (χ4v) is 3.12. The molecule has 0 atom stereocenters. The molecule has 0 spiro atoms. The summed E-state index contributed by atoms with van der Waals surface area (Å²) in [6.45, 7) is 0. The topological polar surface area (TPSA) is 72.0 Å². The zero-order valence-corrected chi connectivity index (χ0v) is 13.2. The van der Waals surface area contributed by atoms with Crippen LogP contribution in [0.2, 0.25) is 0 Å². The minimum absolute atomic E-state index is 0.113. The molecule has 0 aliphatic heterocycles. The van der Waals surface area contributed by atoms with Crippen molar-refractivity contribution in [1.82, 2.24) is 10.2 Å². The van der Waals surface area contributed by atoms with Crippen LogP contribution < -0.4 is 5.56 Å². The molecule has 0 amide bonds. The Balaban J connectivity index is 1.94. The van der Waals surface area contributed by atoms with E-state index in [1.54, 1.807) is 23.9 Å². The van der Waals surface area contributed by atoms with Gasteiger partial charge in [0.2, 0.25) is 0 Å². The molecule has 3 rings (SSSR count). The highest BCUT2D eigenvalue weighted by atomic mass is 32.2. The summed E-state index contributed by atoms with van der Waals surface area (Å²) in [5, 5.41) is 7.04. The highest BCUT2D eigenvalue weighted by Crippen LogP contribution is 2.26. The average Bonchev–Trinajstić information content (AvgIpc) is 2.61. The number of rotatable bonds is 4. The summed E-state index contributed by atoms with van der Waals surface area (Å²) in [5.41, 5.74) is 0.994. The van der Waals surface area contributed by atoms with E-state index in [1.165, 1.54) is 12.7 Å². The molecule has 6 heteroatoms. The number of fused-ring (bicyclic) bond motifs is 1. The van der Waals surface area contributed by atoms with Crippen molar-refractivity contribution in [2.75, 3.05) is 7.11 Å². The van der Waals surface area contributed by atoms with E-state index in [4.69, 9.17) is 4.74 Å². The predicted molar refractivity (Wildman–Crippen MR) is 89.7 cm³/mol. The Labute approximate surface area is 136 Å². The summed E-state index contributed by atoms with van der Waals surface area (Å²) >= 11 is 1.63. The molecule has 0 radical (unpaired) electrons. The Hall–Kier alpha value is -2.60. The highest BCUT2D eigenvalue weighted by Gasteiger charge is 2.14. The maximum absolute atomic E-state index is 12.0. The van der Waals surface area contributed by atoms with Crippen LogP contribution in [0.4, 0.5) is 0 Å². The van der Waals surface area contributed by atoms with Crippen molar-refractivity contribution in [1.29, 1.82) is 0 Å². The fourth-order valence-electron chi connectivity index (χ4n) is 2.23. The number of aromatic nitrogens is 2. The molecule has 23 heavy (non-hydrogen) atoms. The van der Waals surface area contributed by atoms with E-state index in [0.717, 1.165) is 10.6 Å². The summed E-state index contributed by atoms with van der Waals surface area (Å²) in [6.07, 6.45) is 0. The molecule has 0 aliphatic rings. The number of hydrogen-bond acceptors (Lipinski definition) is 5. The summed E-state index contributed by atoms with van der Waals surface area (Å²) in [6, 6.07) is 15.5. The molecular weight excluding hydrogens is 312 g/mol. The van der Waals surface area contributed by atoms with E-state index >= 15 is 0 Å². The fraction of sp³-hybridized carbons (Fsp3) is 0.118. The van der Waals surface area contributed by atoms with Crippen LogP contribution in [0.1, 0.15) is 16.1 Å². The standard InChI is InChI=1S/C17H14N2O3S/c1-22-17(21)15-13-8-7-12(9-14(13)16(20)19-18-15)23-10-11-5-3-2-4-6-11/h2-9H,10H2,1H3,(H,19,20). The maximum atomic E-state index is 12.0. The van der Waals surface area contributed by atoms with Crippen LogP contribution in [0.15, 0.2) is 58.2 Å². The average molecular weight is 326 g/mol. The van der Waals surface area contributed by atoms with Gasteiger partial charge in [-0.3, -0.25) is 4.79 Å². The van der Waals surface area contributed by atoms with Crippen molar-refractivity contribution >= 4 is 28.5 Å². The van der Waals surface area contributed by atoms with Gasteiger partial charge in [0.25, 0.3) is 5.56 Å². The summed E-state index contributed by atoms with van der Waals surface area (Å²) in [5.74, 6) is 0.232. The van der Waals surface area contributed by atoms with E-state index in [9.17, 15) is 9.59 Å². The number of benzene rings is 2. The zero-order chi connectivity index (χ0) is 16.2. The minimum atomic E-state index is -0.573. The number of carbonyl (C=O) groups is 1. The summed E-state index contributed by atoms with van der Waals surface area (Å²) in [7, 11) is 1.28. The molecule has 1 aromatic heterocycles. The third-order valence-electron chi connectivity index (χ3n) is 3.39. The van der Waals surface area contributed by atoms with E-state index < -0.39 is 5.97 Å². The van der Waals surface area contributed by atoms with Crippen LogP contribution in [0, 0.1) is 0 Å². The molecule has 3 aromatic rings. The number of H-pyrrole nitrogens is 1. The molecule has 116 valence electrons. The second kappa shape index (κ2) is 6.66. The molecule has 0 saturated heterocycles. The SMILES string of the molecule is COC(=O)c1n[nH]c(=O)c2cc(SCc3ccccc3)ccc12. The largest absolute Gasteiger partial charge is 0.464 e. The number of carbonyl (C=O) groups excluding carboxylic acids is 1. The van der Waals surface area contributed by atoms with Crippen LogP contribution in [0.5, 0.6) is 0 Å². The van der Waals surface area contributed by atoms with Crippen LogP contribution >= 0.6 is 11.8 Å². The maximum Gasteiger partial charge on any atom is 0.359 e. The van der Waals surface area contributed by atoms with Crippen molar-refractivity contribution in [3.05, 3.63) is 70.1 Å². The van der Waals surface area contributed by atoms with E-state index in [2.05, 4.69) is 22.3 Å². The molecular formula is C17H14N2O3S. The second-order valence-corrected chi connectivity index (χ2v) is 5.92. The first-order valence-electron chi connectivity index (χ1n) is 6.96. The van der Waals surface area contributed by atoms with Gasteiger partial charge in [-0.1, -0.05) is 36.4 Å². The van der Waals surface area contributed by atoms with Crippen molar-refractivity contribution in [3.8, 4) is 0 Å². The summed E-state index contributed by atoms with van der Waals surface area (Å²) in [4.78, 5) is 24.7. The lowest BCUT2D eigenvalue weighted by molar-refractivity contribution is 0.0595. The number of hydrogen-bond donors (Lipinski definition) is 1. The van der Waals surface area contributed by atoms with E-state index in [-0.39, 0.29) is 11.3 Å². The third-order valence-corrected chi connectivity index (χ3v) is 4.45. The van der Waals surface area contributed by atoms with Crippen LogP contribution in [0.25, 0.3) is 10.8 Å². The Morgan fingerprint density at radius 3 is 2.70 bits per heavy atom. The zero-order valence-electron chi connectivity index (χ0n) is 12.4. The molecule has 1 heterocycles. The van der Waals surface area contributed by atoms with Gasteiger partial charge in [0.1, 0.15) is 0 Å². The van der Waals surface area contributed by atoms with Crippen molar-refractivity contribution in [2.24, 2.45) is 0 Å². The highest BCUT2D eigenvalue weighted by molar-refractivity contribution is 7.98. The smallest absolute Gasteiger partial charge is 0.359 e. The Morgan fingerprint density at radius 2 is 1.96 bits per heavy atom. The van der Waals surface area contributed by atoms with Gasteiger partial charge in [0, 0.05) is 16.0 Å². The minimum Gasteiger partial charge on any atom is -0.464 e. The van der Waals surface area contributed by atoms with Gasteiger partial charge in [0.15, 0.2) is 5.69 Å². The lowest BCUT2D eigenvalue weighted by Crippen LogP contribution is -2.15. The number of aromatic amines is 1. The molecule has 0 aliphatic carbocycles. The number of nitrogens with zero attached hydrogens (tertiary/aromatic N) is 1. The van der Waals surface area contributed by atoms with Gasteiger partial charge in [-0.25, -0.2) is 9.89 Å². The van der Waals surface area contributed by atoms with Crippen LogP contribution in [-0.2, 0) is 10.5 Å². The molecule has 5 nitrogen and oxygen atoms in total. The molecule has 0 unspecified atom stereocenters. The van der Waals surface area contributed by atoms with Crippen molar-refractivity contribution < 1.29 is 9.53 Å². The Morgan fingerprint density at radius 1 is 1.17 bits per heavy atom. The van der Waals surface area contributed by atoms with Gasteiger partial charge in [-0.05, 0) is 17.7 Å². The third kappa shape index (κ3) is 3.27. The van der Waals surface area contributed by atoms with Crippen LogP contribution in [0.3, 0.4) is 0 Å². The quantitative estimate of drug-likeness (QED) is 0.589. The monoisotopic (exact) mass is 326 g/mol. The van der Waals surface area contributed by atoms with Crippen molar-refractivity contribution in [3.63, 3.8) is 0 Å². The molecule has 0 bridgehead atoms. The molecule has 2 aromatic carbocycles. The van der Waals surface area contributed by atoms with E-state index in [0.29, 0.717) is 10.8 Å². The van der Waals surface area contributed by atoms with Gasteiger partial charge >= 0.3 is 5.97 Å². The molecule has 1 N–H and O–H groups in total. The van der Waals surface area contributed by atoms with Gasteiger partial charge in [0.05, 0.1) is 12.5 Å². The molecule has 0 saturated carbocycles. The first-order chi connectivity index (χ1) is 11.2. The number of esters is 1. The number of ether oxygens (including phenoxy) is 1. The lowest BCUT2D eigenvalue weighted by Gasteiger charge is -2.06.